The van der Waals surface area contributed by atoms with Crippen molar-refractivity contribution in [1.82, 2.24) is 0 Å². The van der Waals surface area contributed by atoms with E-state index in [0.717, 1.165) is 0 Å². The van der Waals surface area contributed by atoms with Crippen LogP contribution >= 0.6 is 0 Å². The lowest BCUT2D eigenvalue weighted by Gasteiger charge is -2.12. The molecule has 0 aliphatic rings. The van der Waals surface area contributed by atoms with E-state index in [1.54, 1.807) is 6.07 Å². The summed E-state index contributed by atoms with van der Waals surface area (Å²) in [7, 11) is 0. The zero-order valence-electron chi connectivity index (χ0n) is 10.0. The molecule has 0 aliphatic heterocycles. The van der Waals surface area contributed by atoms with Gasteiger partial charge in [0.15, 0.2) is 0 Å². The fraction of sp³-hybridized carbons (Fsp3) is 0.308. The summed E-state index contributed by atoms with van der Waals surface area (Å²) in [5, 5.41) is 9.03. The van der Waals surface area contributed by atoms with E-state index in [1.807, 2.05) is 6.92 Å². The second kappa shape index (κ2) is 4.60. The number of benzene rings is 1. The van der Waals surface area contributed by atoms with Crippen LogP contribution < -0.4 is 5.63 Å². The van der Waals surface area contributed by atoms with Gasteiger partial charge in [0.2, 0.25) is 5.75 Å². The van der Waals surface area contributed by atoms with Gasteiger partial charge in [0, 0.05) is 5.39 Å². The molecule has 0 atom stereocenters. The lowest BCUT2D eigenvalue weighted by atomic mass is 10.0. The predicted molar refractivity (Wildman–Crippen MR) is 63.1 cm³/mol. The van der Waals surface area contributed by atoms with Gasteiger partial charge < -0.3 is 9.52 Å². The van der Waals surface area contributed by atoms with E-state index >= 15 is 0 Å². The molecule has 0 radical (unpaired) electrons. The van der Waals surface area contributed by atoms with E-state index in [1.165, 1.54) is 12.1 Å². The molecule has 2 rings (SSSR count). The fourth-order valence-electron chi connectivity index (χ4n) is 2.03. The largest absolute Gasteiger partial charge is 0.501 e. The summed E-state index contributed by atoms with van der Waals surface area (Å²) in [4.78, 5) is 11.3. The van der Waals surface area contributed by atoms with E-state index in [-0.39, 0.29) is 11.0 Å². The van der Waals surface area contributed by atoms with Crippen LogP contribution in [0.2, 0.25) is 0 Å². The van der Waals surface area contributed by atoms with Crippen LogP contribution in [0.15, 0.2) is 27.4 Å². The van der Waals surface area contributed by atoms with E-state index < -0.39 is 23.1 Å². The summed E-state index contributed by atoms with van der Waals surface area (Å²) in [6.07, 6.45) is -3.63. The van der Waals surface area contributed by atoms with Crippen molar-refractivity contribution >= 4 is 11.0 Å². The first-order valence-corrected chi connectivity index (χ1v) is 5.71. The van der Waals surface area contributed by atoms with Gasteiger partial charge in [0.1, 0.15) is 11.1 Å². The van der Waals surface area contributed by atoms with E-state index in [9.17, 15) is 23.1 Å². The zero-order chi connectivity index (χ0) is 14.2. The van der Waals surface area contributed by atoms with Crippen molar-refractivity contribution in [3.05, 3.63) is 39.7 Å². The third-order valence-electron chi connectivity index (χ3n) is 2.79. The minimum atomic E-state index is -4.82. The molecule has 0 spiro atoms. The number of aryl methyl sites for hydroxylation is 1. The van der Waals surface area contributed by atoms with Crippen LogP contribution in [0.4, 0.5) is 13.2 Å². The average molecular weight is 272 g/mol. The highest BCUT2D eigenvalue weighted by molar-refractivity contribution is 5.85. The molecule has 0 fully saturated rings. The lowest BCUT2D eigenvalue weighted by Crippen LogP contribution is -2.13. The van der Waals surface area contributed by atoms with E-state index in [0.29, 0.717) is 18.4 Å². The maximum Gasteiger partial charge on any atom is 0.420 e. The summed E-state index contributed by atoms with van der Waals surface area (Å²) >= 11 is 0. The number of para-hydroxylation sites is 1. The second-order valence-electron chi connectivity index (χ2n) is 4.15. The lowest BCUT2D eigenvalue weighted by molar-refractivity contribution is -0.137. The molecular weight excluding hydrogens is 261 g/mol. The van der Waals surface area contributed by atoms with Crippen molar-refractivity contribution in [2.24, 2.45) is 0 Å². The normalized spacial score (nSPS) is 12.0. The summed E-state index contributed by atoms with van der Waals surface area (Å²) in [6.45, 7) is 1.86. The molecule has 1 aromatic carbocycles. The smallest absolute Gasteiger partial charge is 0.420 e. The van der Waals surface area contributed by atoms with Gasteiger partial charge in [-0.05, 0) is 12.0 Å². The molecule has 2 aromatic rings. The molecule has 3 nitrogen and oxygen atoms in total. The van der Waals surface area contributed by atoms with Crippen molar-refractivity contribution in [1.29, 1.82) is 0 Å². The maximum atomic E-state index is 12.9. The Bertz CT molecular complexity index is 671. The molecule has 6 heteroatoms. The Hall–Kier alpha value is -1.98. The first kappa shape index (κ1) is 13.5. The summed E-state index contributed by atoms with van der Waals surface area (Å²) < 4.78 is 43.6. The topological polar surface area (TPSA) is 50.4 Å². The van der Waals surface area contributed by atoms with Crippen molar-refractivity contribution in [3.63, 3.8) is 0 Å². The van der Waals surface area contributed by atoms with Crippen LogP contribution in [-0.4, -0.2) is 5.11 Å². The Morgan fingerprint density at radius 3 is 2.58 bits per heavy atom. The first-order chi connectivity index (χ1) is 8.86. The third-order valence-corrected chi connectivity index (χ3v) is 2.79. The third kappa shape index (κ3) is 2.30. The van der Waals surface area contributed by atoms with Gasteiger partial charge in [-0.1, -0.05) is 31.5 Å². The van der Waals surface area contributed by atoms with Crippen LogP contribution in [0.1, 0.15) is 24.5 Å². The molecule has 1 aromatic heterocycles. The van der Waals surface area contributed by atoms with Gasteiger partial charge in [-0.25, -0.2) is 4.79 Å². The number of halogens is 3. The van der Waals surface area contributed by atoms with Crippen LogP contribution in [0, 0.1) is 0 Å². The standard InChI is InChI=1S/C13H11F3O3/c1-2-4-7-5-3-6-8-9(13(14,15)16)10(17)12(18)19-11(7)8/h3,5-6,17H,2,4H2,1H3. The highest BCUT2D eigenvalue weighted by Crippen LogP contribution is 2.39. The van der Waals surface area contributed by atoms with Gasteiger partial charge in [-0.3, -0.25) is 0 Å². The molecule has 0 saturated carbocycles. The molecule has 0 bridgehead atoms. The SMILES string of the molecule is CCCc1cccc2c(C(F)(F)F)c(O)c(=O)oc12. The number of hydrogen-bond donors (Lipinski definition) is 1. The van der Waals surface area contributed by atoms with Gasteiger partial charge in [0.25, 0.3) is 0 Å². The average Bonchev–Trinajstić information content (AvgIpc) is 2.30. The molecule has 0 aliphatic carbocycles. The minimum Gasteiger partial charge on any atom is -0.501 e. The molecule has 0 saturated heterocycles. The van der Waals surface area contributed by atoms with Gasteiger partial charge >= 0.3 is 11.8 Å². The Balaban J connectivity index is 2.91. The number of hydrogen-bond acceptors (Lipinski definition) is 3. The maximum absolute atomic E-state index is 12.9. The second-order valence-corrected chi connectivity index (χ2v) is 4.15. The summed E-state index contributed by atoms with van der Waals surface area (Å²) in [5.74, 6) is -1.39. The number of rotatable bonds is 2. The van der Waals surface area contributed by atoms with Crippen molar-refractivity contribution in [3.8, 4) is 5.75 Å². The Morgan fingerprint density at radius 1 is 1.32 bits per heavy atom. The molecule has 19 heavy (non-hydrogen) atoms. The van der Waals surface area contributed by atoms with Crippen molar-refractivity contribution < 1.29 is 22.7 Å². The van der Waals surface area contributed by atoms with Gasteiger partial charge in [0.05, 0.1) is 0 Å². The number of alkyl halides is 3. The van der Waals surface area contributed by atoms with Crippen LogP contribution in [-0.2, 0) is 12.6 Å². The fourth-order valence-corrected chi connectivity index (χ4v) is 2.03. The van der Waals surface area contributed by atoms with Crippen molar-refractivity contribution in [2.45, 2.75) is 25.9 Å². The highest BCUT2D eigenvalue weighted by atomic mass is 19.4. The van der Waals surface area contributed by atoms with Crippen LogP contribution in [0.3, 0.4) is 0 Å². The van der Waals surface area contributed by atoms with E-state index in [4.69, 9.17) is 4.42 Å². The first-order valence-electron chi connectivity index (χ1n) is 5.71. The number of aromatic hydroxyl groups is 1. The van der Waals surface area contributed by atoms with Crippen LogP contribution in [0.5, 0.6) is 5.75 Å². The van der Waals surface area contributed by atoms with Gasteiger partial charge in [-0.2, -0.15) is 13.2 Å². The molecule has 102 valence electrons. The van der Waals surface area contributed by atoms with Gasteiger partial charge in [-0.15, -0.1) is 0 Å². The van der Waals surface area contributed by atoms with Crippen LogP contribution in [0.25, 0.3) is 11.0 Å². The highest BCUT2D eigenvalue weighted by Gasteiger charge is 2.38. The Morgan fingerprint density at radius 2 is 2.00 bits per heavy atom. The zero-order valence-corrected chi connectivity index (χ0v) is 10.0. The summed E-state index contributed by atoms with van der Waals surface area (Å²) in [5.41, 5.74) is -2.30. The Labute approximate surface area is 106 Å². The molecule has 0 amide bonds. The molecule has 0 unspecified atom stereocenters. The minimum absolute atomic E-state index is 0.112. The number of fused-ring (bicyclic) bond motifs is 1. The monoisotopic (exact) mass is 272 g/mol. The summed E-state index contributed by atoms with van der Waals surface area (Å²) in [6, 6.07) is 4.23. The quantitative estimate of drug-likeness (QED) is 0.851. The molecular formula is C13H11F3O3. The molecule has 1 heterocycles. The molecule has 1 N–H and O–H groups in total. The van der Waals surface area contributed by atoms with E-state index in [2.05, 4.69) is 0 Å². The predicted octanol–water partition coefficient (Wildman–Crippen LogP) is 3.47. The Kier molecular flexibility index (Phi) is 3.26. The van der Waals surface area contributed by atoms with Crippen molar-refractivity contribution in [2.75, 3.05) is 0 Å².